The van der Waals surface area contributed by atoms with Crippen molar-refractivity contribution in [3.8, 4) is 11.8 Å². The molecule has 0 bridgehead atoms. The number of H-pyrrole nitrogens is 1. The second-order valence-electron chi connectivity index (χ2n) is 3.69. The standard InChI is InChI=1S/C14H13N3O2/c18-14(19-11-12-5-2-1-3-6-12)15-9-4-7-13-8-10-16-17-13/h1-3,5-6,8,10H,9,11H2,(H,15,18)(H,16,17). The number of nitrogens with one attached hydrogen (secondary N) is 2. The number of aromatic nitrogens is 2. The maximum absolute atomic E-state index is 11.4. The fourth-order valence-corrected chi connectivity index (χ4v) is 1.36. The summed E-state index contributed by atoms with van der Waals surface area (Å²) in [5.41, 5.74) is 1.65. The second-order valence-corrected chi connectivity index (χ2v) is 3.69. The lowest BCUT2D eigenvalue weighted by Crippen LogP contribution is -2.24. The third-order valence-electron chi connectivity index (χ3n) is 2.26. The topological polar surface area (TPSA) is 67.0 Å². The fourth-order valence-electron chi connectivity index (χ4n) is 1.36. The van der Waals surface area contributed by atoms with Crippen LogP contribution in [0.2, 0.25) is 0 Å². The molecule has 0 aliphatic carbocycles. The van der Waals surface area contributed by atoms with Crippen LogP contribution in [-0.2, 0) is 11.3 Å². The van der Waals surface area contributed by atoms with Crippen LogP contribution in [0.25, 0.3) is 0 Å². The van der Waals surface area contributed by atoms with E-state index in [2.05, 4.69) is 27.4 Å². The predicted octanol–water partition coefficient (Wildman–Crippen LogP) is 1.69. The molecule has 5 nitrogen and oxygen atoms in total. The number of ether oxygens (including phenoxy) is 1. The summed E-state index contributed by atoms with van der Waals surface area (Å²) in [5.74, 6) is 5.60. The van der Waals surface area contributed by atoms with Gasteiger partial charge >= 0.3 is 6.09 Å². The van der Waals surface area contributed by atoms with Gasteiger partial charge in [0.25, 0.3) is 0 Å². The van der Waals surface area contributed by atoms with E-state index < -0.39 is 6.09 Å². The minimum absolute atomic E-state index is 0.229. The van der Waals surface area contributed by atoms with Crippen LogP contribution < -0.4 is 5.32 Å². The molecule has 2 aromatic rings. The van der Waals surface area contributed by atoms with E-state index in [-0.39, 0.29) is 13.2 Å². The third kappa shape index (κ3) is 4.56. The van der Waals surface area contributed by atoms with Crippen LogP contribution in [0.4, 0.5) is 4.79 Å². The van der Waals surface area contributed by atoms with Crippen LogP contribution in [0.1, 0.15) is 11.3 Å². The number of aromatic amines is 1. The molecule has 2 N–H and O–H groups in total. The first-order chi connectivity index (χ1) is 9.34. The van der Waals surface area contributed by atoms with Gasteiger partial charge in [-0.15, -0.1) is 0 Å². The Labute approximate surface area is 111 Å². The van der Waals surface area contributed by atoms with E-state index in [0.29, 0.717) is 5.69 Å². The molecule has 0 unspecified atom stereocenters. The summed E-state index contributed by atoms with van der Waals surface area (Å²) in [6.07, 6.45) is 1.13. The van der Waals surface area contributed by atoms with E-state index in [1.165, 1.54) is 0 Å². The number of carbonyl (C=O) groups is 1. The maximum Gasteiger partial charge on any atom is 0.408 e. The van der Waals surface area contributed by atoms with Gasteiger partial charge in [0, 0.05) is 6.20 Å². The molecule has 19 heavy (non-hydrogen) atoms. The SMILES string of the molecule is O=C(NCC#Cc1ccn[nH]1)OCc1ccccc1. The summed E-state index contributed by atoms with van der Waals surface area (Å²) in [5, 5.41) is 9.01. The lowest BCUT2D eigenvalue weighted by Gasteiger charge is -2.04. The summed E-state index contributed by atoms with van der Waals surface area (Å²) in [6, 6.07) is 11.2. The molecule has 0 aliphatic rings. The van der Waals surface area contributed by atoms with Gasteiger partial charge in [-0.05, 0) is 17.6 Å². The van der Waals surface area contributed by atoms with Crippen molar-refractivity contribution in [1.82, 2.24) is 15.5 Å². The molecule has 0 saturated carbocycles. The van der Waals surface area contributed by atoms with Gasteiger partial charge in [-0.2, -0.15) is 5.10 Å². The minimum Gasteiger partial charge on any atom is -0.445 e. The van der Waals surface area contributed by atoms with E-state index in [0.717, 1.165) is 5.56 Å². The Hall–Kier alpha value is -2.74. The van der Waals surface area contributed by atoms with Crippen LogP contribution >= 0.6 is 0 Å². The van der Waals surface area contributed by atoms with Crippen molar-refractivity contribution < 1.29 is 9.53 Å². The Balaban J connectivity index is 1.68. The van der Waals surface area contributed by atoms with E-state index in [1.807, 2.05) is 30.3 Å². The van der Waals surface area contributed by atoms with Gasteiger partial charge < -0.3 is 10.1 Å². The number of nitrogens with zero attached hydrogens (tertiary/aromatic N) is 1. The second kappa shape index (κ2) is 6.87. The van der Waals surface area contributed by atoms with Gasteiger partial charge in [0.15, 0.2) is 0 Å². The minimum atomic E-state index is -0.484. The maximum atomic E-state index is 11.4. The van der Waals surface area contributed by atoms with Crippen molar-refractivity contribution in [3.05, 3.63) is 53.9 Å². The van der Waals surface area contributed by atoms with E-state index in [9.17, 15) is 4.79 Å². The zero-order valence-electron chi connectivity index (χ0n) is 10.2. The molecule has 0 saturated heterocycles. The van der Waals surface area contributed by atoms with Crippen molar-refractivity contribution in [2.45, 2.75) is 6.61 Å². The molecule has 0 radical (unpaired) electrons. The van der Waals surface area contributed by atoms with Gasteiger partial charge in [0.2, 0.25) is 0 Å². The normalized spacial score (nSPS) is 9.26. The number of carbonyl (C=O) groups excluding carboxylic acids is 1. The number of rotatable bonds is 3. The van der Waals surface area contributed by atoms with E-state index in [4.69, 9.17) is 4.74 Å². The highest BCUT2D eigenvalue weighted by atomic mass is 16.5. The highest BCUT2D eigenvalue weighted by Gasteiger charge is 1.99. The summed E-state index contributed by atoms with van der Waals surface area (Å²) in [4.78, 5) is 11.4. The molecule has 0 aliphatic heterocycles. The molecule has 5 heteroatoms. The van der Waals surface area contributed by atoms with Crippen LogP contribution in [0, 0.1) is 11.8 Å². The third-order valence-corrected chi connectivity index (χ3v) is 2.26. The Morgan fingerprint density at radius 3 is 2.89 bits per heavy atom. The first kappa shape index (κ1) is 12.7. The van der Waals surface area contributed by atoms with Gasteiger partial charge in [0.05, 0.1) is 6.54 Å². The van der Waals surface area contributed by atoms with Gasteiger partial charge in [-0.25, -0.2) is 4.79 Å². The van der Waals surface area contributed by atoms with Crippen molar-refractivity contribution >= 4 is 6.09 Å². The van der Waals surface area contributed by atoms with Crippen molar-refractivity contribution in [2.75, 3.05) is 6.54 Å². The Morgan fingerprint density at radius 2 is 2.16 bits per heavy atom. The van der Waals surface area contributed by atoms with Gasteiger partial charge in [-0.1, -0.05) is 36.3 Å². The molecule has 1 amide bonds. The number of amides is 1. The summed E-state index contributed by atoms with van der Waals surface area (Å²) in [6.45, 7) is 0.479. The molecular weight excluding hydrogens is 242 g/mol. The largest absolute Gasteiger partial charge is 0.445 e. The molecule has 0 fully saturated rings. The fraction of sp³-hybridized carbons (Fsp3) is 0.143. The quantitative estimate of drug-likeness (QED) is 0.820. The van der Waals surface area contributed by atoms with Gasteiger partial charge in [0.1, 0.15) is 12.3 Å². The van der Waals surface area contributed by atoms with Crippen molar-refractivity contribution in [2.24, 2.45) is 0 Å². The highest BCUT2D eigenvalue weighted by Crippen LogP contribution is 2.00. The van der Waals surface area contributed by atoms with Crippen LogP contribution in [-0.4, -0.2) is 22.8 Å². The molecule has 1 aromatic heterocycles. The average Bonchev–Trinajstić information content (AvgIpc) is 2.96. The van der Waals surface area contributed by atoms with Crippen LogP contribution in [0.15, 0.2) is 42.6 Å². The monoisotopic (exact) mass is 255 g/mol. The van der Waals surface area contributed by atoms with Crippen LogP contribution in [0.3, 0.4) is 0 Å². The zero-order valence-corrected chi connectivity index (χ0v) is 10.2. The molecule has 1 aromatic carbocycles. The molecule has 2 rings (SSSR count). The number of benzene rings is 1. The molecular formula is C14H13N3O2. The van der Waals surface area contributed by atoms with E-state index in [1.54, 1.807) is 12.3 Å². The smallest absolute Gasteiger partial charge is 0.408 e. The summed E-state index contributed by atoms with van der Waals surface area (Å²) < 4.78 is 5.03. The number of alkyl carbamates (subject to hydrolysis) is 1. The van der Waals surface area contributed by atoms with E-state index >= 15 is 0 Å². The zero-order chi connectivity index (χ0) is 13.3. The predicted molar refractivity (Wildman–Crippen MR) is 70.1 cm³/mol. The Morgan fingerprint density at radius 1 is 1.32 bits per heavy atom. The summed E-state index contributed by atoms with van der Waals surface area (Å²) >= 11 is 0. The highest BCUT2D eigenvalue weighted by molar-refractivity contribution is 5.67. The molecule has 0 spiro atoms. The lowest BCUT2D eigenvalue weighted by atomic mass is 10.2. The number of hydrogen-bond donors (Lipinski definition) is 2. The number of hydrogen-bond acceptors (Lipinski definition) is 3. The average molecular weight is 255 g/mol. The van der Waals surface area contributed by atoms with Crippen molar-refractivity contribution in [3.63, 3.8) is 0 Å². The van der Waals surface area contributed by atoms with Crippen LogP contribution in [0.5, 0.6) is 0 Å². The molecule has 0 atom stereocenters. The lowest BCUT2D eigenvalue weighted by molar-refractivity contribution is 0.141. The Bertz CT molecular complexity index is 568. The summed E-state index contributed by atoms with van der Waals surface area (Å²) in [7, 11) is 0. The van der Waals surface area contributed by atoms with Crippen molar-refractivity contribution in [1.29, 1.82) is 0 Å². The first-order valence-electron chi connectivity index (χ1n) is 5.77. The Kier molecular flexibility index (Phi) is 4.59. The molecule has 96 valence electrons. The van der Waals surface area contributed by atoms with Gasteiger partial charge in [-0.3, -0.25) is 5.10 Å². The molecule has 1 heterocycles. The first-order valence-corrected chi connectivity index (χ1v) is 5.77.